The summed E-state index contributed by atoms with van der Waals surface area (Å²) >= 11 is 0. The van der Waals surface area contributed by atoms with Crippen LogP contribution in [-0.4, -0.2) is 45.4 Å². The maximum Gasteiger partial charge on any atom is 0.329 e. The predicted molar refractivity (Wildman–Crippen MR) is 109 cm³/mol. The Bertz CT molecular complexity index is 974. The highest BCUT2D eigenvalue weighted by Crippen LogP contribution is 2.24. The van der Waals surface area contributed by atoms with E-state index in [0.29, 0.717) is 31.0 Å². The van der Waals surface area contributed by atoms with Crippen LogP contribution in [-0.2, 0) is 11.8 Å². The number of hydrogen-bond donors (Lipinski definition) is 2. The van der Waals surface area contributed by atoms with Crippen molar-refractivity contribution in [3.05, 3.63) is 50.9 Å². The Morgan fingerprint density at radius 1 is 1.41 bits per heavy atom. The fourth-order valence-corrected chi connectivity index (χ4v) is 3.74. The van der Waals surface area contributed by atoms with Crippen molar-refractivity contribution in [2.45, 2.75) is 38.8 Å². The summed E-state index contributed by atoms with van der Waals surface area (Å²) in [4.78, 5) is 52.7. The highest BCUT2D eigenvalue weighted by Gasteiger charge is 2.31. The van der Waals surface area contributed by atoms with Crippen molar-refractivity contribution in [1.29, 1.82) is 0 Å². The van der Waals surface area contributed by atoms with E-state index < -0.39 is 11.7 Å². The van der Waals surface area contributed by atoms with Crippen molar-refractivity contribution in [1.82, 2.24) is 19.4 Å². The minimum absolute atomic E-state index is 0.0482. The summed E-state index contributed by atoms with van der Waals surface area (Å²) < 4.78 is 2.73. The summed E-state index contributed by atoms with van der Waals surface area (Å²) in [6.45, 7) is 5.11. The molecule has 2 N–H and O–H groups in total. The largest absolute Gasteiger partial charge is 0.356 e. The van der Waals surface area contributed by atoms with Gasteiger partial charge in [0.1, 0.15) is 11.9 Å². The molecule has 2 aromatic heterocycles. The third-order valence-corrected chi connectivity index (χ3v) is 5.69. The summed E-state index contributed by atoms with van der Waals surface area (Å²) in [5.74, 6) is 0.372. The Labute approximate surface area is 168 Å². The molecule has 0 radical (unpaired) electrons. The zero-order valence-corrected chi connectivity index (χ0v) is 16.9. The highest BCUT2D eigenvalue weighted by atomic mass is 16.2. The molecule has 0 aromatic carbocycles. The number of nitrogens with one attached hydrogen (secondary N) is 2. The van der Waals surface area contributed by atoms with E-state index in [0.717, 1.165) is 17.3 Å². The molecule has 3 rings (SSSR count). The van der Waals surface area contributed by atoms with Crippen LogP contribution in [0.25, 0.3) is 0 Å². The van der Waals surface area contributed by atoms with Crippen LogP contribution in [0, 0.1) is 5.92 Å². The van der Waals surface area contributed by atoms with E-state index in [2.05, 4.69) is 10.3 Å². The van der Waals surface area contributed by atoms with Crippen molar-refractivity contribution in [2.75, 3.05) is 18.0 Å². The van der Waals surface area contributed by atoms with Crippen LogP contribution in [0.1, 0.15) is 43.2 Å². The van der Waals surface area contributed by atoms with Gasteiger partial charge in [-0.25, -0.2) is 4.79 Å². The molecule has 2 unspecified atom stereocenters. The maximum atomic E-state index is 13.1. The number of carbonyl (C=O) groups excluding carboxylic acids is 2. The number of anilines is 1. The van der Waals surface area contributed by atoms with Crippen LogP contribution in [0.3, 0.4) is 0 Å². The van der Waals surface area contributed by atoms with Crippen molar-refractivity contribution in [2.24, 2.45) is 13.0 Å². The van der Waals surface area contributed by atoms with E-state index in [9.17, 15) is 19.2 Å². The van der Waals surface area contributed by atoms with Gasteiger partial charge in [0.25, 0.3) is 5.56 Å². The first-order valence-electron chi connectivity index (χ1n) is 9.83. The SMILES string of the molecule is CCC(C)C(C(=O)N[C@H]1CCN(c2cc(=O)n(C)c(=O)[nH]2)C1)n1cccc1C=O. The van der Waals surface area contributed by atoms with Crippen molar-refractivity contribution < 1.29 is 9.59 Å². The molecule has 1 aliphatic rings. The Hall–Kier alpha value is -3.10. The first-order valence-corrected chi connectivity index (χ1v) is 9.83. The Balaban J connectivity index is 1.74. The van der Waals surface area contributed by atoms with Crippen LogP contribution >= 0.6 is 0 Å². The van der Waals surface area contributed by atoms with Crippen LogP contribution in [0.4, 0.5) is 5.82 Å². The predicted octanol–water partition coefficient (Wildman–Crippen LogP) is 0.670. The summed E-state index contributed by atoms with van der Waals surface area (Å²) in [6.07, 6.45) is 4.00. The normalized spacial score (nSPS) is 18.4. The lowest BCUT2D eigenvalue weighted by Gasteiger charge is -2.27. The molecule has 29 heavy (non-hydrogen) atoms. The van der Waals surface area contributed by atoms with Gasteiger partial charge in [-0.05, 0) is 24.5 Å². The number of amides is 1. The molecule has 9 heteroatoms. The van der Waals surface area contributed by atoms with Crippen LogP contribution in [0.2, 0.25) is 0 Å². The molecule has 1 amide bonds. The van der Waals surface area contributed by atoms with Gasteiger partial charge in [-0.3, -0.25) is 23.9 Å². The van der Waals surface area contributed by atoms with Gasteiger partial charge in [0.2, 0.25) is 5.91 Å². The van der Waals surface area contributed by atoms with E-state index in [1.165, 1.54) is 13.1 Å². The lowest BCUT2D eigenvalue weighted by molar-refractivity contribution is -0.126. The fourth-order valence-electron chi connectivity index (χ4n) is 3.74. The van der Waals surface area contributed by atoms with Gasteiger partial charge in [0, 0.05) is 38.4 Å². The second-order valence-electron chi connectivity index (χ2n) is 7.59. The molecule has 156 valence electrons. The molecule has 0 bridgehead atoms. The lowest BCUT2D eigenvalue weighted by atomic mass is 9.97. The number of H-pyrrole nitrogens is 1. The van der Waals surface area contributed by atoms with E-state index in [-0.39, 0.29) is 23.4 Å². The maximum absolute atomic E-state index is 13.1. The van der Waals surface area contributed by atoms with Crippen LogP contribution in [0.5, 0.6) is 0 Å². The first kappa shape index (κ1) is 20.6. The summed E-state index contributed by atoms with van der Waals surface area (Å²) in [7, 11) is 1.42. The van der Waals surface area contributed by atoms with E-state index in [1.807, 2.05) is 18.7 Å². The molecular formula is C20H27N5O4. The molecule has 1 fully saturated rings. The highest BCUT2D eigenvalue weighted by molar-refractivity contribution is 5.83. The first-order chi connectivity index (χ1) is 13.8. The number of aromatic nitrogens is 3. The molecule has 3 atom stereocenters. The summed E-state index contributed by atoms with van der Waals surface area (Å²) in [5, 5.41) is 3.08. The van der Waals surface area contributed by atoms with Crippen molar-refractivity contribution in [3.8, 4) is 0 Å². The molecule has 0 aliphatic carbocycles. The monoisotopic (exact) mass is 401 g/mol. The second-order valence-corrected chi connectivity index (χ2v) is 7.59. The molecule has 1 aliphatic heterocycles. The van der Waals surface area contributed by atoms with Crippen molar-refractivity contribution in [3.63, 3.8) is 0 Å². The van der Waals surface area contributed by atoms with Gasteiger partial charge in [0.05, 0.1) is 5.69 Å². The van der Waals surface area contributed by atoms with Crippen molar-refractivity contribution >= 4 is 18.0 Å². The van der Waals surface area contributed by atoms with Crippen LogP contribution < -0.4 is 21.5 Å². The number of hydrogen-bond acceptors (Lipinski definition) is 5. The zero-order valence-electron chi connectivity index (χ0n) is 16.9. The molecule has 3 heterocycles. The van der Waals surface area contributed by atoms with Crippen LogP contribution in [0.15, 0.2) is 34.0 Å². The third-order valence-electron chi connectivity index (χ3n) is 5.69. The smallest absolute Gasteiger partial charge is 0.329 e. The number of aldehydes is 1. The molecule has 1 saturated heterocycles. The number of aromatic amines is 1. The summed E-state index contributed by atoms with van der Waals surface area (Å²) in [5.41, 5.74) is -0.371. The molecule has 9 nitrogen and oxygen atoms in total. The van der Waals surface area contributed by atoms with Gasteiger partial charge < -0.3 is 14.8 Å². The number of rotatable bonds is 7. The van der Waals surface area contributed by atoms with E-state index >= 15 is 0 Å². The minimum Gasteiger partial charge on any atom is -0.356 e. The molecule has 0 saturated carbocycles. The second kappa shape index (κ2) is 8.50. The van der Waals surface area contributed by atoms with Gasteiger partial charge >= 0.3 is 5.69 Å². The van der Waals surface area contributed by atoms with Gasteiger partial charge in [0.15, 0.2) is 6.29 Å². The standard InChI is InChI=1S/C20H27N5O4/c1-4-13(2)18(25-8-5-6-15(25)12-26)19(28)21-14-7-9-24(11-14)16-10-17(27)23(3)20(29)22-16/h5-6,8,10,12-14,18H,4,7,9,11H2,1-3H3,(H,21,28)(H,22,29)/t13?,14-,18?/m0/s1. The Kier molecular flexibility index (Phi) is 6.05. The quantitative estimate of drug-likeness (QED) is 0.663. The minimum atomic E-state index is -0.479. The lowest BCUT2D eigenvalue weighted by Crippen LogP contribution is -2.43. The number of carbonyl (C=O) groups is 2. The zero-order chi connectivity index (χ0) is 21.1. The van der Waals surface area contributed by atoms with E-state index in [1.54, 1.807) is 22.9 Å². The average molecular weight is 401 g/mol. The Morgan fingerprint density at radius 3 is 2.83 bits per heavy atom. The van der Waals surface area contributed by atoms with Gasteiger partial charge in [-0.2, -0.15) is 0 Å². The number of nitrogens with zero attached hydrogens (tertiary/aromatic N) is 3. The van der Waals surface area contributed by atoms with Gasteiger partial charge in [-0.15, -0.1) is 0 Å². The molecular weight excluding hydrogens is 374 g/mol. The molecule has 0 spiro atoms. The van der Waals surface area contributed by atoms with Gasteiger partial charge in [-0.1, -0.05) is 20.3 Å². The topological polar surface area (TPSA) is 109 Å². The summed E-state index contributed by atoms with van der Waals surface area (Å²) in [6, 6.07) is 4.25. The Morgan fingerprint density at radius 2 is 2.17 bits per heavy atom. The average Bonchev–Trinajstić information content (AvgIpc) is 3.35. The molecule has 2 aromatic rings. The third kappa shape index (κ3) is 4.18. The van der Waals surface area contributed by atoms with E-state index in [4.69, 9.17) is 0 Å². The fraction of sp³-hybridized carbons (Fsp3) is 0.500.